The van der Waals surface area contributed by atoms with Gasteiger partial charge in [-0.15, -0.1) is 0 Å². The first-order valence-electron chi connectivity index (χ1n) is 6.34. The second-order valence-corrected chi connectivity index (χ2v) is 4.36. The van der Waals surface area contributed by atoms with Crippen LogP contribution < -0.4 is 16.0 Å². The summed E-state index contributed by atoms with van der Waals surface area (Å²) in [5.74, 6) is -0.433. The van der Waals surface area contributed by atoms with E-state index in [9.17, 15) is 9.59 Å². The molecule has 0 aliphatic heterocycles. The van der Waals surface area contributed by atoms with Crippen molar-refractivity contribution in [3.8, 4) is 6.07 Å². The average molecular weight is 274 g/mol. The SMILES string of the molecule is CCNC(=O)NC(=O)C(C)Nc1cc(C#N)ccc1C. The third-order valence-electron chi connectivity index (χ3n) is 2.71. The van der Waals surface area contributed by atoms with Gasteiger partial charge in [0.1, 0.15) is 6.04 Å². The van der Waals surface area contributed by atoms with Gasteiger partial charge in [0.2, 0.25) is 5.91 Å². The first kappa shape index (κ1) is 15.5. The molecule has 0 fully saturated rings. The molecule has 0 saturated carbocycles. The van der Waals surface area contributed by atoms with Crippen LogP contribution in [0, 0.1) is 18.3 Å². The molecule has 1 unspecified atom stereocenters. The van der Waals surface area contributed by atoms with E-state index in [2.05, 4.69) is 16.0 Å². The fraction of sp³-hybridized carbons (Fsp3) is 0.357. The van der Waals surface area contributed by atoms with Gasteiger partial charge in [-0.2, -0.15) is 5.26 Å². The smallest absolute Gasteiger partial charge is 0.321 e. The minimum atomic E-state index is -0.592. The average Bonchev–Trinajstić information content (AvgIpc) is 2.41. The van der Waals surface area contributed by atoms with E-state index in [1.165, 1.54) is 0 Å². The zero-order valence-electron chi connectivity index (χ0n) is 11.8. The Hall–Kier alpha value is -2.55. The minimum Gasteiger partial charge on any atom is -0.374 e. The molecule has 0 radical (unpaired) electrons. The summed E-state index contributed by atoms with van der Waals surface area (Å²) in [6.07, 6.45) is 0. The van der Waals surface area contributed by atoms with Crippen molar-refractivity contribution in [3.05, 3.63) is 29.3 Å². The third kappa shape index (κ3) is 4.28. The lowest BCUT2D eigenvalue weighted by atomic mass is 10.1. The Morgan fingerprint density at radius 3 is 2.70 bits per heavy atom. The lowest BCUT2D eigenvalue weighted by Crippen LogP contribution is -2.45. The summed E-state index contributed by atoms with van der Waals surface area (Å²) in [4.78, 5) is 23.1. The van der Waals surface area contributed by atoms with E-state index in [1.807, 2.05) is 13.0 Å². The van der Waals surface area contributed by atoms with Crippen molar-refractivity contribution in [1.82, 2.24) is 10.6 Å². The van der Waals surface area contributed by atoms with Gasteiger partial charge in [0.15, 0.2) is 0 Å². The van der Waals surface area contributed by atoms with E-state index >= 15 is 0 Å². The van der Waals surface area contributed by atoms with Gasteiger partial charge >= 0.3 is 6.03 Å². The second kappa shape index (κ2) is 7.14. The van der Waals surface area contributed by atoms with Gasteiger partial charge in [-0.1, -0.05) is 6.07 Å². The van der Waals surface area contributed by atoms with Crippen LogP contribution in [0.1, 0.15) is 25.0 Å². The third-order valence-corrected chi connectivity index (χ3v) is 2.71. The summed E-state index contributed by atoms with van der Waals surface area (Å²) in [7, 11) is 0. The normalized spacial score (nSPS) is 11.1. The van der Waals surface area contributed by atoms with Crippen molar-refractivity contribution < 1.29 is 9.59 Å². The zero-order chi connectivity index (χ0) is 15.1. The Morgan fingerprint density at radius 2 is 2.10 bits per heavy atom. The van der Waals surface area contributed by atoms with Crippen LogP contribution in [0.15, 0.2) is 18.2 Å². The maximum Gasteiger partial charge on any atom is 0.321 e. The molecule has 3 amide bonds. The number of benzene rings is 1. The van der Waals surface area contributed by atoms with Crippen LogP contribution in [0.25, 0.3) is 0 Å². The first-order valence-corrected chi connectivity index (χ1v) is 6.34. The molecule has 0 aliphatic carbocycles. The van der Waals surface area contributed by atoms with Crippen molar-refractivity contribution in [3.63, 3.8) is 0 Å². The topological polar surface area (TPSA) is 94.0 Å². The molecule has 0 saturated heterocycles. The number of hydrogen-bond donors (Lipinski definition) is 3. The molecule has 0 aliphatic rings. The fourth-order valence-corrected chi connectivity index (χ4v) is 1.57. The monoisotopic (exact) mass is 274 g/mol. The molecule has 20 heavy (non-hydrogen) atoms. The number of nitrogens with one attached hydrogen (secondary N) is 3. The maximum absolute atomic E-state index is 11.8. The van der Waals surface area contributed by atoms with Gasteiger partial charge in [-0.3, -0.25) is 10.1 Å². The van der Waals surface area contributed by atoms with Gasteiger partial charge < -0.3 is 10.6 Å². The predicted molar refractivity (Wildman–Crippen MR) is 76.2 cm³/mol. The zero-order valence-corrected chi connectivity index (χ0v) is 11.8. The van der Waals surface area contributed by atoms with Gasteiger partial charge in [-0.25, -0.2) is 4.79 Å². The molecule has 0 bridgehead atoms. The van der Waals surface area contributed by atoms with Crippen LogP contribution in [-0.2, 0) is 4.79 Å². The molecule has 1 aromatic rings. The summed E-state index contributed by atoms with van der Waals surface area (Å²) in [5.41, 5.74) is 2.12. The highest BCUT2D eigenvalue weighted by Gasteiger charge is 2.16. The largest absolute Gasteiger partial charge is 0.374 e. The Bertz CT molecular complexity index is 549. The molecule has 6 nitrogen and oxygen atoms in total. The number of nitrogens with zero attached hydrogens (tertiary/aromatic N) is 1. The summed E-state index contributed by atoms with van der Waals surface area (Å²) in [6, 6.07) is 6.11. The van der Waals surface area contributed by atoms with E-state index in [0.29, 0.717) is 17.8 Å². The summed E-state index contributed by atoms with van der Waals surface area (Å²) in [6.45, 7) is 5.73. The summed E-state index contributed by atoms with van der Waals surface area (Å²) in [5, 5.41) is 16.6. The molecule has 1 atom stereocenters. The van der Waals surface area contributed by atoms with Gasteiger partial charge in [-0.05, 0) is 38.5 Å². The second-order valence-electron chi connectivity index (χ2n) is 4.36. The number of urea groups is 1. The van der Waals surface area contributed by atoms with Crippen molar-refractivity contribution in [2.24, 2.45) is 0 Å². The molecular formula is C14H18N4O2. The molecule has 0 aromatic heterocycles. The standard InChI is InChI=1S/C14H18N4O2/c1-4-16-14(20)18-13(19)10(3)17-12-7-11(8-15)6-5-9(12)2/h5-7,10,17H,4H2,1-3H3,(H2,16,18,19,20). The number of carbonyl (C=O) groups excluding carboxylic acids is 2. The van der Waals surface area contributed by atoms with E-state index < -0.39 is 18.0 Å². The number of imide groups is 1. The lowest BCUT2D eigenvalue weighted by Gasteiger charge is -2.16. The number of rotatable bonds is 4. The lowest BCUT2D eigenvalue weighted by molar-refractivity contribution is -0.120. The van der Waals surface area contributed by atoms with Crippen LogP contribution in [0.5, 0.6) is 0 Å². The molecule has 0 spiro atoms. The Morgan fingerprint density at radius 1 is 1.40 bits per heavy atom. The summed E-state index contributed by atoms with van der Waals surface area (Å²) >= 11 is 0. The number of anilines is 1. The number of hydrogen-bond acceptors (Lipinski definition) is 4. The van der Waals surface area contributed by atoms with E-state index in [0.717, 1.165) is 5.56 Å². The van der Waals surface area contributed by atoms with Gasteiger partial charge in [0, 0.05) is 12.2 Å². The van der Waals surface area contributed by atoms with Crippen LogP contribution in [0.2, 0.25) is 0 Å². The van der Waals surface area contributed by atoms with Crippen molar-refractivity contribution in [2.75, 3.05) is 11.9 Å². The Labute approximate surface area is 118 Å². The molecule has 1 aromatic carbocycles. The Kier molecular flexibility index (Phi) is 5.54. The highest BCUT2D eigenvalue weighted by Crippen LogP contribution is 2.17. The molecule has 106 valence electrons. The van der Waals surface area contributed by atoms with Crippen LogP contribution in [0.3, 0.4) is 0 Å². The quantitative estimate of drug-likeness (QED) is 0.775. The van der Waals surface area contributed by atoms with E-state index in [-0.39, 0.29) is 0 Å². The number of amides is 3. The van der Waals surface area contributed by atoms with Gasteiger partial charge in [0.05, 0.1) is 11.6 Å². The van der Waals surface area contributed by atoms with Crippen molar-refractivity contribution in [1.29, 1.82) is 5.26 Å². The molecular weight excluding hydrogens is 256 g/mol. The number of aryl methyl sites for hydroxylation is 1. The minimum absolute atomic E-state index is 0.433. The predicted octanol–water partition coefficient (Wildman–Crippen LogP) is 1.51. The van der Waals surface area contributed by atoms with E-state index in [1.54, 1.807) is 32.0 Å². The van der Waals surface area contributed by atoms with Crippen molar-refractivity contribution in [2.45, 2.75) is 26.8 Å². The molecule has 0 heterocycles. The van der Waals surface area contributed by atoms with Gasteiger partial charge in [0.25, 0.3) is 0 Å². The first-order chi connectivity index (χ1) is 9.47. The van der Waals surface area contributed by atoms with Crippen LogP contribution in [0.4, 0.5) is 10.5 Å². The fourth-order valence-electron chi connectivity index (χ4n) is 1.57. The molecule has 3 N–H and O–H groups in total. The van der Waals surface area contributed by atoms with E-state index in [4.69, 9.17) is 5.26 Å². The highest BCUT2D eigenvalue weighted by atomic mass is 16.2. The maximum atomic E-state index is 11.8. The highest BCUT2D eigenvalue weighted by molar-refractivity contribution is 5.98. The number of carbonyl (C=O) groups is 2. The number of nitriles is 1. The molecule has 1 rings (SSSR count). The van der Waals surface area contributed by atoms with Crippen LogP contribution in [-0.4, -0.2) is 24.5 Å². The Balaban J connectivity index is 2.71. The summed E-state index contributed by atoms with van der Waals surface area (Å²) < 4.78 is 0. The van der Waals surface area contributed by atoms with Crippen LogP contribution >= 0.6 is 0 Å². The molecule has 6 heteroatoms. The van der Waals surface area contributed by atoms with Crippen molar-refractivity contribution >= 4 is 17.6 Å².